The van der Waals surface area contributed by atoms with Gasteiger partial charge in [0.2, 0.25) is 11.9 Å². The normalized spacial score (nSPS) is 23.4. The van der Waals surface area contributed by atoms with Gasteiger partial charge >= 0.3 is 0 Å². The van der Waals surface area contributed by atoms with Gasteiger partial charge < -0.3 is 20.3 Å². The number of nitrogens with two attached hydrogens (primary N) is 1. The van der Waals surface area contributed by atoms with Crippen molar-refractivity contribution in [2.45, 2.75) is 6.04 Å². The van der Waals surface area contributed by atoms with Gasteiger partial charge in [0.15, 0.2) is 11.0 Å². The number of carbonyl (C=O) groups excluding carboxylic acids is 1. The Morgan fingerprint density at radius 3 is 3.00 bits per heavy atom. The Kier molecular flexibility index (Phi) is 3.11. The third kappa shape index (κ3) is 2.28. The second-order valence-corrected chi connectivity index (χ2v) is 4.85. The quantitative estimate of drug-likeness (QED) is 0.717. The van der Waals surface area contributed by atoms with Crippen LogP contribution in [0.25, 0.3) is 0 Å². The van der Waals surface area contributed by atoms with Crippen LogP contribution in [0.4, 0.5) is 11.8 Å². The lowest BCUT2D eigenvalue weighted by Crippen LogP contribution is -2.60. The zero-order chi connectivity index (χ0) is 13.4. The summed E-state index contributed by atoms with van der Waals surface area (Å²) in [5, 5.41) is 7.77. The van der Waals surface area contributed by atoms with E-state index >= 15 is 0 Å². The van der Waals surface area contributed by atoms with Crippen LogP contribution in [0.2, 0.25) is 5.15 Å². The van der Waals surface area contributed by atoms with Gasteiger partial charge in [0, 0.05) is 19.6 Å². The molecule has 0 aromatic carbocycles. The predicted molar refractivity (Wildman–Crippen MR) is 67.8 cm³/mol. The molecule has 1 atom stereocenters. The molecular formula is C10H13ClN6O2. The highest BCUT2D eigenvalue weighted by molar-refractivity contribution is 6.31. The fourth-order valence-electron chi connectivity index (χ4n) is 2.32. The summed E-state index contributed by atoms with van der Waals surface area (Å²) in [6.45, 7) is 2.57. The first-order valence-corrected chi connectivity index (χ1v) is 6.31. The molecule has 8 nitrogen and oxygen atoms in total. The van der Waals surface area contributed by atoms with Crippen molar-refractivity contribution in [2.75, 3.05) is 43.5 Å². The maximum Gasteiger partial charge on any atom is 0.249 e. The van der Waals surface area contributed by atoms with Crippen LogP contribution in [0.3, 0.4) is 0 Å². The van der Waals surface area contributed by atoms with Gasteiger partial charge in [-0.05, 0) is 0 Å². The number of hydrogen-bond acceptors (Lipinski definition) is 7. The van der Waals surface area contributed by atoms with Gasteiger partial charge in [-0.2, -0.15) is 4.98 Å². The molecule has 9 heteroatoms. The maximum atomic E-state index is 11.7. The number of fused-ring (bicyclic) bond motifs is 1. The SMILES string of the molecule is Nc1nc(N2CCN3C(=O)COC[C@H]3C2)nnc1Cl. The Morgan fingerprint density at radius 2 is 2.21 bits per heavy atom. The molecule has 1 aromatic heterocycles. The summed E-state index contributed by atoms with van der Waals surface area (Å²) in [4.78, 5) is 19.6. The Balaban J connectivity index is 1.77. The number of aromatic nitrogens is 3. The van der Waals surface area contributed by atoms with E-state index in [0.29, 0.717) is 32.2 Å². The lowest BCUT2D eigenvalue weighted by Gasteiger charge is -2.43. The Labute approximate surface area is 114 Å². The van der Waals surface area contributed by atoms with E-state index in [1.807, 2.05) is 9.80 Å². The van der Waals surface area contributed by atoms with Crippen molar-refractivity contribution >= 4 is 29.3 Å². The lowest BCUT2D eigenvalue weighted by atomic mass is 10.1. The van der Waals surface area contributed by atoms with E-state index in [4.69, 9.17) is 22.1 Å². The predicted octanol–water partition coefficient (Wildman–Crippen LogP) is -0.845. The van der Waals surface area contributed by atoms with Crippen LogP contribution in [-0.4, -0.2) is 64.9 Å². The number of anilines is 2. The van der Waals surface area contributed by atoms with Crippen molar-refractivity contribution in [3.8, 4) is 0 Å². The number of nitrogens with zero attached hydrogens (tertiary/aromatic N) is 5. The van der Waals surface area contributed by atoms with Crippen LogP contribution >= 0.6 is 11.6 Å². The minimum atomic E-state index is 0.0236. The molecule has 2 aliphatic rings. The number of morpholine rings is 1. The third-order valence-electron chi connectivity index (χ3n) is 3.28. The standard InChI is InChI=1S/C10H13ClN6O2/c11-8-9(12)13-10(15-14-8)16-1-2-17-6(3-16)4-19-5-7(17)18/h6H,1-5H2,(H2,12,13,15)/t6-/m1/s1. The fraction of sp³-hybridized carbons (Fsp3) is 0.600. The molecule has 0 saturated carbocycles. The van der Waals surface area contributed by atoms with Crippen molar-refractivity contribution in [1.82, 2.24) is 20.1 Å². The topological polar surface area (TPSA) is 97.5 Å². The molecule has 0 bridgehead atoms. The first-order chi connectivity index (χ1) is 9.15. The summed E-state index contributed by atoms with van der Waals surface area (Å²) in [6, 6.07) is 0.0236. The van der Waals surface area contributed by atoms with E-state index in [0.717, 1.165) is 0 Å². The Bertz CT molecular complexity index is 513. The first-order valence-electron chi connectivity index (χ1n) is 5.93. The maximum absolute atomic E-state index is 11.7. The summed E-state index contributed by atoms with van der Waals surface area (Å²) in [5.41, 5.74) is 5.62. The number of piperazine rings is 1. The Hall–Kier alpha value is -1.67. The first kappa shape index (κ1) is 12.4. The summed E-state index contributed by atoms with van der Waals surface area (Å²) < 4.78 is 5.26. The van der Waals surface area contributed by atoms with Crippen molar-refractivity contribution in [1.29, 1.82) is 0 Å². The minimum absolute atomic E-state index is 0.0236. The Morgan fingerprint density at radius 1 is 1.37 bits per heavy atom. The summed E-state index contributed by atoms with van der Waals surface area (Å²) >= 11 is 5.70. The number of ether oxygens (including phenoxy) is 1. The van der Waals surface area contributed by atoms with E-state index in [-0.39, 0.29) is 29.5 Å². The number of hydrogen-bond donors (Lipinski definition) is 1. The van der Waals surface area contributed by atoms with Gasteiger partial charge in [0.05, 0.1) is 12.6 Å². The van der Waals surface area contributed by atoms with Crippen molar-refractivity contribution < 1.29 is 9.53 Å². The summed E-state index contributed by atoms with van der Waals surface area (Å²) in [5.74, 6) is 0.621. The molecule has 0 radical (unpaired) electrons. The highest BCUT2D eigenvalue weighted by atomic mass is 35.5. The second-order valence-electron chi connectivity index (χ2n) is 4.49. The number of halogens is 1. The smallest absolute Gasteiger partial charge is 0.249 e. The average Bonchev–Trinajstić information content (AvgIpc) is 2.42. The van der Waals surface area contributed by atoms with Crippen LogP contribution in [0.15, 0.2) is 0 Å². The minimum Gasteiger partial charge on any atom is -0.381 e. The third-order valence-corrected chi connectivity index (χ3v) is 3.55. The van der Waals surface area contributed by atoms with Gasteiger partial charge in [-0.1, -0.05) is 11.6 Å². The van der Waals surface area contributed by atoms with Crippen LogP contribution < -0.4 is 10.6 Å². The van der Waals surface area contributed by atoms with E-state index in [1.54, 1.807) is 0 Å². The van der Waals surface area contributed by atoms with E-state index in [2.05, 4.69) is 15.2 Å². The highest BCUT2D eigenvalue weighted by Crippen LogP contribution is 2.20. The number of amides is 1. The molecule has 0 aliphatic carbocycles. The van der Waals surface area contributed by atoms with Crippen molar-refractivity contribution in [3.05, 3.63) is 5.15 Å². The molecule has 1 aromatic rings. The molecule has 0 unspecified atom stereocenters. The van der Waals surface area contributed by atoms with Crippen LogP contribution in [0, 0.1) is 0 Å². The largest absolute Gasteiger partial charge is 0.381 e. The highest BCUT2D eigenvalue weighted by Gasteiger charge is 2.34. The number of nitrogen functional groups attached to an aromatic ring is 1. The second kappa shape index (κ2) is 4.78. The van der Waals surface area contributed by atoms with Crippen LogP contribution in [0.1, 0.15) is 0 Å². The van der Waals surface area contributed by atoms with Gasteiger partial charge in [-0.3, -0.25) is 4.79 Å². The molecule has 2 N–H and O–H groups in total. The molecule has 2 aliphatic heterocycles. The van der Waals surface area contributed by atoms with Gasteiger partial charge in [0.1, 0.15) is 6.61 Å². The summed E-state index contributed by atoms with van der Waals surface area (Å²) in [7, 11) is 0. The number of carbonyl (C=O) groups is 1. The molecule has 1 amide bonds. The zero-order valence-corrected chi connectivity index (χ0v) is 10.9. The zero-order valence-electron chi connectivity index (χ0n) is 10.1. The van der Waals surface area contributed by atoms with Gasteiger partial charge in [-0.25, -0.2) is 0 Å². The van der Waals surface area contributed by atoms with Crippen LogP contribution in [0.5, 0.6) is 0 Å². The molecule has 19 heavy (non-hydrogen) atoms. The van der Waals surface area contributed by atoms with E-state index in [1.165, 1.54) is 0 Å². The van der Waals surface area contributed by atoms with Gasteiger partial charge in [0.25, 0.3) is 0 Å². The van der Waals surface area contributed by atoms with E-state index < -0.39 is 0 Å². The monoisotopic (exact) mass is 284 g/mol. The molecule has 102 valence electrons. The van der Waals surface area contributed by atoms with Gasteiger partial charge in [-0.15, -0.1) is 10.2 Å². The van der Waals surface area contributed by atoms with Crippen LogP contribution in [-0.2, 0) is 9.53 Å². The molecule has 3 rings (SSSR count). The molecule has 2 saturated heterocycles. The van der Waals surface area contributed by atoms with Crippen molar-refractivity contribution in [3.63, 3.8) is 0 Å². The fourth-order valence-corrected chi connectivity index (χ4v) is 2.40. The molecule has 2 fully saturated rings. The average molecular weight is 285 g/mol. The van der Waals surface area contributed by atoms with Crippen molar-refractivity contribution in [2.24, 2.45) is 0 Å². The summed E-state index contributed by atoms with van der Waals surface area (Å²) in [6.07, 6.45) is 0. The lowest BCUT2D eigenvalue weighted by molar-refractivity contribution is -0.148. The number of rotatable bonds is 1. The molecule has 0 spiro atoms. The molecular weight excluding hydrogens is 272 g/mol. The molecule has 3 heterocycles. The van der Waals surface area contributed by atoms with E-state index in [9.17, 15) is 4.79 Å².